The van der Waals surface area contributed by atoms with Crippen LogP contribution in [-0.2, 0) is 11.3 Å². The van der Waals surface area contributed by atoms with E-state index in [1.165, 1.54) is 0 Å². The molecular weight excluding hydrogens is 302 g/mol. The highest BCUT2D eigenvalue weighted by atomic mass is 16.5. The van der Waals surface area contributed by atoms with Crippen LogP contribution in [0.3, 0.4) is 0 Å². The van der Waals surface area contributed by atoms with Crippen molar-refractivity contribution in [2.45, 2.75) is 19.6 Å². The van der Waals surface area contributed by atoms with Gasteiger partial charge in [-0.05, 0) is 30.2 Å². The molecule has 5 nitrogen and oxygen atoms in total. The minimum atomic E-state index is -0.266. The van der Waals surface area contributed by atoms with Gasteiger partial charge < -0.3 is 15.4 Å². The molecule has 0 aliphatic carbocycles. The molecule has 0 saturated carbocycles. The molecule has 24 heavy (non-hydrogen) atoms. The summed E-state index contributed by atoms with van der Waals surface area (Å²) >= 11 is 0. The molecule has 2 rings (SSSR count). The minimum absolute atomic E-state index is 0.177. The molecule has 124 valence electrons. The molecule has 0 aliphatic heterocycles. The highest BCUT2D eigenvalue weighted by Crippen LogP contribution is 2.15. The van der Waals surface area contributed by atoms with E-state index in [1.807, 2.05) is 43.3 Å². The Hall–Kier alpha value is -2.84. The molecule has 0 saturated heterocycles. The Kier molecular flexibility index (Phi) is 6.81. The second-order valence-electron chi connectivity index (χ2n) is 5.23. The average Bonchev–Trinajstić information content (AvgIpc) is 2.64. The van der Waals surface area contributed by atoms with Crippen LogP contribution in [0.4, 0.5) is 4.79 Å². The quantitative estimate of drug-likeness (QED) is 0.822. The van der Waals surface area contributed by atoms with Gasteiger partial charge in [-0.1, -0.05) is 42.5 Å². The van der Waals surface area contributed by atoms with Crippen LogP contribution in [0.25, 0.3) is 0 Å². The standard InChI is InChI=1S/C19H21N3O2/c1-2-24-18(17-9-4-3-5-10-17)14-22-19(23)21-13-16-8-6-7-15(11-16)12-20/h3-11,18H,2,13-14H2,1H3,(H2,21,22,23). The van der Waals surface area contributed by atoms with E-state index >= 15 is 0 Å². The zero-order valence-electron chi connectivity index (χ0n) is 13.7. The van der Waals surface area contributed by atoms with Gasteiger partial charge >= 0.3 is 6.03 Å². The Balaban J connectivity index is 1.84. The number of rotatable bonds is 7. The fourth-order valence-electron chi connectivity index (χ4n) is 2.32. The molecule has 2 aromatic carbocycles. The van der Waals surface area contributed by atoms with Gasteiger partial charge in [0.2, 0.25) is 0 Å². The summed E-state index contributed by atoms with van der Waals surface area (Å²) < 4.78 is 5.69. The second-order valence-corrected chi connectivity index (χ2v) is 5.23. The van der Waals surface area contributed by atoms with Gasteiger partial charge in [-0.25, -0.2) is 4.79 Å². The first-order valence-corrected chi connectivity index (χ1v) is 7.90. The van der Waals surface area contributed by atoms with Crippen molar-refractivity contribution in [2.24, 2.45) is 0 Å². The number of nitrogens with one attached hydrogen (secondary N) is 2. The lowest BCUT2D eigenvalue weighted by molar-refractivity contribution is 0.0639. The van der Waals surface area contributed by atoms with Crippen molar-refractivity contribution in [1.82, 2.24) is 10.6 Å². The number of benzene rings is 2. The highest BCUT2D eigenvalue weighted by Gasteiger charge is 2.12. The maximum absolute atomic E-state index is 12.0. The second kappa shape index (κ2) is 9.33. The van der Waals surface area contributed by atoms with Gasteiger partial charge in [-0.2, -0.15) is 5.26 Å². The number of urea groups is 1. The molecule has 2 amide bonds. The van der Waals surface area contributed by atoms with Crippen molar-refractivity contribution in [3.63, 3.8) is 0 Å². The molecule has 0 fully saturated rings. The summed E-state index contributed by atoms with van der Waals surface area (Å²) in [6.45, 7) is 3.26. The fraction of sp³-hybridized carbons (Fsp3) is 0.263. The van der Waals surface area contributed by atoms with Crippen molar-refractivity contribution in [1.29, 1.82) is 5.26 Å². The van der Waals surface area contributed by atoms with Gasteiger partial charge in [0.05, 0.1) is 17.7 Å². The van der Waals surface area contributed by atoms with Gasteiger partial charge in [0, 0.05) is 19.7 Å². The van der Waals surface area contributed by atoms with Crippen molar-refractivity contribution < 1.29 is 9.53 Å². The van der Waals surface area contributed by atoms with Crippen LogP contribution in [0.15, 0.2) is 54.6 Å². The number of nitrogens with zero attached hydrogens (tertiary/aromatic N) is 1. The first-order valence-electron chi connectivity index (χ1n) is 7.90. The van der Waals surface area contributed by atoms with Gasteiger partial charge in [0.15, 0.2) is 0 Å². The van der Waals surface area contributed by atoms with Crippen LogP contribution >= 0.6 is 0 Å². The third-order valence-electron chi connectivity index (χ3n) is 3.50. The molecule has 2 N–H and O–H groups in total. The van der Waals surface area contributed by atoms with Gasteiger partial charge in [0.25, 0.3) is 0 Å². The summed E-state index contributed by atoms with van der Waals surface area (Å²) in [6.07, 6.45) is -0.177. The summed E-state index contributed by atoms with van der Waals surface area (Å²) in [5, 5.41) is 14.5. The van der Waals surface area contributed by atoms with Crippen molar-refractivity contribution in [3.05, 3.63) is 71.3 Å². The maximum atomic E-state index is 12.0. The zero-order chi connectivity index (χ0) is 17.2. The van der Waals surface area contributed by atoms with Gasteiger partial charge in [-0.3, -0.25) is 0 Å². The topological polar surface area (TPSA) is 74.2 Å². The normalized spacial score (nSPS) is 11.3. The number of amides is 2. The van der Waals surface area contributed by atoms with E-state index in [2.05, 4.69) is 16.7 Å². The van der Waals surface area contributed by atoms with E-state index in [1.54, 1.807) is 18.2 Å². The van der Waals surface area contributed by atoms with Crippen LogP contribution in [0.1, 0.15) is 29.7 Å². The average molecular weight is 323 g/mol. The Bertz CT molecular complexity index is 695. The van der Waals surface area contributed by atoms with Gasteiger partial charge in [-0.15, -0.1) is 0 Å². The van der Waals surface area contributed by atoms with Crippen molar-refractivity contribution >= 4 is 6.03 Å². The largest absolute Gasteiger partial charge is 0.372 e. The molecular formula is C19H21N3O2. The summed E-state index contributed by atoms with van der Waals surface area (Å²) in [5.74, 6) is 0. The molecule has 0 spiro atoms. The van der Waals surface area contributed by atoms with Gasteiger partial charge in [0.1, 0.15) is 0 Å². The Morgan fingerprint density at radius 1 is 1.17 bits per heavy atom. The summed E-state index contributed by atoms with van der Waals surface area (Å²) in [7, 11) is 0. The first kappa shape index (κ1) is 17.5. The lowest BCUT2D eigenvalue weighted by Crippen LogP contribution is -2.37. The lowest BCUT2D eigenvalue weighted by atomic mass is 10.1. The van der Waals surface area contributed by atoms with E-state index in [9.17, 15) is 4.79 Å². The van der Waals surface area contributed by atoms with E-state index in [0.29, 0.717) is 25.3 Å². The molecule has 1 unspecified atom stereocenters. The van der Waals surface area contributed by atoms with Crippen LogP contribution in [0, 0.1) is 11.3 Å². The van der Waals surface area contributed by atoms with Crippen LogP contribution < -0.4 is 10.6 Å². The number of carbonyl (C=O) groups excluding carboxylic acids is 1. The predicted octanol–water partition coefficient (Wildman–Crippen LogP) is 3.14. The number of carbonyl (C=O) groups is 1. The van der Waals surface area contributed by atoms with E-state index in [0.717, 1.165) is 11.1 Å². The number of hydrogen-bond acceptors (Lipinski definition) is 3. The molecule has 0 aromatic heterocycles. The fourth-order valence-corrected chi connectivity index (χ4v) is 2.32. The SMILES string of the molecule is CCOC(CNC(=O)NCc1cccc(C#N)c1)c1ccccc1. The molecule has 0 bridgehead atoms. The van der Waals surface area contributed by atoms with Crippen molar-refractivity contribution in [3.8, 4) is 6.07 Å². The summed E-state index contributed by atoms with van der Waals surface area (Å²) in [5.41, 5.74) is 2.49. The molecule has 0 heterocycles. The van der Waals surface area contributed by atoms with Crippen LogP contribution in [-0.4, -0.2) is 19.2 Å². The van der Waals surface area contributed by atoms with E-state index < -0.39 is 0 Å². The number of hydrogen-bond donors (Lipinski definition) is 2. The molecule has 0 aliphatic rings. The number of ether oxygens (including phenoxy) is 1. The Morgan fingerprint density at radius 3 is 2.67 bits per heavy atom. The monoisotopic (exact) mass is 323 g/mol. The smallest absolute Gasteiger partial charge is 0.315 e. The maximum Gasteiger partial charge on any atom is 0.315 e. The van der Waals surface area contributed by atoms with Crippen molar-refractivity contribution in [2.75, 3.05) is 13.2 Å². The van der Waals surface area contributed by atoms with E-state index in [-0.39, 0.29) is 12.1 Å². The van der Waals surface area contributed by atoms with E-state index in [4.69, 9.17) is 10.00 Å². The Labute approximate surface area is 142 Å². The first-order chi connectivity index (χ1) is 11.7. The zero-order valence-corrected chi connectivity index (χ0v) is 13.7. The number of nitriles is 1. The molecule has 1 atom stereocenters. The summed E-state index contributed by atoms with van der Waals surface area (Å²) in [6, 6.07) is 18.8. The molecule has 2 aromatic rings. The lowest BCUT2D eigenvalue weighted by Gasteiger charge is -2.18. The van der Waals surface area contributed by atoms with Crippen LogP contribution in [0.2, 0.25) is 0 Å². The molecule has 5 heteroatoms. The Morgan fingerprint density at radius 2 is 1.96 bits per heavy atom. The third-order valence-corrected chi connectivity index (χ3v) is 3.50. The minimum Gasteiger partial charge on any atom is -0.372 e. The third kappa shape index (κ3) is 5.41. The molecule has 0 radical (unpaired) electrons. The highest BCUT2D eigenvalue weighted by molar-refractivity contribution is 5.73. The predicted molar refractivity (Wildman–Crippen MR) is 92.2 cm³/mol. The summed E-state index contributed by atoms with van der Waals surface area (Å²) in [4.78, 5) is 12.0. The van der Waals surface area contributed by atoms with Crippen LogP contribution in [0.5, 0.6) is 0 Å².